The average molecular weight is 417 g/mol. The Kier molecular flexibility index (Phi) is 6.07. The van der Waals surface area contributed by atoms with Crippen LogP contribution < -0.4 is 10.4 Å². The van der Waals surface area contributed by atoms with E-state index in [0.29, 0.717) is 35.4 Å². The number of anilines is 1. The number of unbranched alkanes of at least 4 members (excludes halogenated alkanes) is 1. The van der Waals surface area contributed by atoms with Gasteiger partial charge in [0.05, 0.1) is 15.9 Å². The molecule has 0 radical (unpaired) electrons. The number of hydrogen-bond donors (Lipinski definition) is 3. The van der Waals surface area contributed by atoms with Gasteiger partial charge >= 0.3 is 5.69 Å². The Morgan fingerprint density at radius 2 is 1.72 bits per heavy atom. The van der Waals surface area contributed by atoms with E-state index in [2.05, 4.69) is 21.6 Å². The first-order chi connectivity index (χ1) is 13.8. The molecule has 3 N–H and O–H groups in total. The van der Waals surface area contributed by atoms with Gasteiger partial charge in [-0.2, -0.15) is 0 Å². The molecule has 1 aromatic heterocycles. The van der Waals surface area contributed by atoms with E-state index in [1.165, 1.54) is 18.2 Å². The third-order valence-corrected chi connectivity index (χ3v) is 6.01. The number of aromatic nitrogens is 2. The molecule has 0 unspecified atom stereocenters. The van der Waals surface area contributed by atoms with Gasteiger partial charge in [-0.25, -0.2) is 13.2 Å². The molecule has 0 bridgehead atoms. The summed E-state index contributed by atoms with van der Waals surface area (Å²) in [5.41, 5.74) is 1.40. The Bertz CT molecular complexity index is 1160. The molecule has 2 aromatic carbocycles. The first kappa shape index (κ1) is 20.7. The zero-order chi connectivity index (χ0) is 21.0. The maximum Gasteiger partial charge on any atom is 0.323 e. The van der Waals surface area contributed by atoms with Gasteiger partial charge in [0.15, 0.2) is 0 Å². The SMILES string of the molecule is CCCCN(CC)C(=O)c1ccc(NS(=O)(=O)c2ccc3[nH]c(=O)[nH]c3c2)cc1. The van der Waals surface area contributed by atoms with Crippen LogP contribution in [-0.2, 0) is 10.0 Å². The zero-order valence-electron chi connectivity index (χ0n) is 16.4. The molecule has 0 spiro atoms. The normalized spacial score (nSPS) is 11.5. The molecule has 1 amide bonds. The van der Waals surface area contributed by atoms with Crippen molar-refractivity contribution in [2.75, 3.05) is 17.8 Å². The van der Waals surface area contributed by atoms with Gasteiger partial charge in [-0.3, -0.25) is 9.52 Å². The van der Waals surface area contributed by atoms with Crippen LogP contribution in [0.25, 0.3) is 11.0 Å². The number of carbonyl (C=O) groups excluding carboxylic acids is 1. The van der Waals surface area contributed by atoms with Crippen molar-refractivity contribution in [3.05, 3.63) is 58.5 Å². The fourth-order valence-electron chi connectivity index (χ4n) is 3.01. The maximum absolute atomic E-state index is 12.7. The molecule has 0 atom stereocenters. The van der Waals surface area contributed by atoms with Crippen LogP contribution in [0, 0.1) is 0 Å². The number of nitrogens with one attached hydrogen (secondary N) is 3. The molecule has 3 aromatic rings. The molecule has 3 rings (SSSR count). The zero-order valence-corrected chi connectivity index (χ0v) is 17.2. The number of imidazole rings is 1. The first-order valence-electron chi connectivity index (χ1n) is 9.48. The summed E-state index contributed by atoms with van der Waals surface area (Å²) in [4.78, 5) is 30.8. The van der Waals surface area contributed by atoms with E-state index in [1.54, 1.807) is 29.2 Å². The van der Waals surface area contributed by atoms with E-state index in [0.717, 1.165) is 12.8 Å². The van der Waals surface area contributed by atoms with Gasteiger partial charge in [-0.15, -0.1) is 0 Å². The highest BCUT2D eigenvalue weighted by molar-refractivity contribution is 7.92. The number of rotatable bonds is 8. The third kappa shape index (κ3) is 4.68. The highest BCUT2D eigenvalue weighted by Crippen LogP contribution is 2.20. The summed E-state index contributed by atoms with van der Waals surface area (Å²) in [5, 5.41) is 0. The van der Waals surface area contributed by atoms with Gasteiger partial charge < -0.3 is 14.9 Å². The van der Waals surface area contributed by atoms with Crippen molar-refractivity contribution < 1.29 is 13.2 Å². The van der Waals surface area contributed by atoms with E-state index in [9.17, 15) is 18.0 Å². The summed E-state index contributed by atoms with van der Waals surface area (Å²) >= 11 is 0. The summed E-state index contributed by atoms with van der Waals surface area (Å²) in [5.74, 6) is -0.0720. The van der Waals surface area contributed by atoms with E-state index in [-0.39, 0.29) is 10.8 Å². The van der Waals surface area contributed by atoms with Gasteiger partial charge in [0.1, 0.15) is 0 Å². The molecule has 0 aliphatic carbocycles. The first-order valence-corrected chi connectivity index (χ1v) is 11.0. The molecule has 0 aliphatic heterocycles. The summed E-state index contributed by atoms with van der Waals surface area (Å²) in [6, 6.07) is 10.7. The van der Waals surface area contributed by atoms with Gasteiger partial charge in [-0.05, 0) is 55.8 Å². The Morgan fingerprint density at radius 1 is 1.03 bits per heavy atom. The van der Waals surface area contributed by atoms with Crippen molar-refractivity contribution in [2.45, 2.75) is 31.6 Å². The largest absolute Gasteiger partial charge is 0.339 e. The van der Waals surface area contributed by atoms with Gasteiger partial charge in [0, 0.05) is 24.3 Å². The van der Waals surface area contributed by atoms with E-state index in [1.807, 2.05) is 6.92 Å². The molecule has 154 valence electrons. The summed E-state index contributed by atoms with van der Waals surface area (Å²) in [6.45, 7) is 5.33. The molecular weight excluding hydrogens is 392 g/mol. The molecule has 1 heterocycles. The Hall–Kier alpha value is -3.07. The predicted molar refractivity (Wildman–Crippen MR) is 113 cm³/mol. The topological polar surface area (TPSA) is 115 Å². The van der Waals surface area contributed by atoms with Crippen molar-refractivity contribution in [2.24, 2.45) is 0 Å². The minimum absolute atomic E-state index is 0.0251. The summed E-state index contributed by atoms with van der Waals surface area (Å²) in [7, 11) is -3.84. The number of benzene rings is 2. The van der Waals surface area contributed by atoms with Crippen molar-refractivity contribution in [1.82, 2.24) is 14.9 Å². The second-order valence-corrected chi connectivity index (χ2v) is 8.39. The van der Waals surface area contributed by atoms with E-state index < -0.39 is 15.7 Å². The van der Waals surface area contributed by atoms with Gasteiger partial charge in [-0.1, -0.05) is 13.3 Å². The van der Waals surface area contributed by atoms with E-state index >= 15 is 0 Å². The van der Waals surface area contributed by atoms with Crippen LogP contribution in [0.2, 0.25) is 0 Å². The highest BCUT2D eigenvalue weighted by atomic mass is 32.2. The minimum Gasteiger partial charge on any atom is -0.339 e. The molecule has 29 heavy (non-hydrogen) atoms. The second-order valence-electron chi connectivity index (χ2n) is 6.71. The lowest BCUT2D eigenvalue weighted by atomic mass is 10.1. The monoisotopic (exact) mass is 416 g/mol. The fraction of sp³-hybridized carbons (Fsp3) is 0.300. The van der Waals surface area contributed by atoms with Crippen LogP contribution in [0.1, 0.15) is 37.0 Å². The lowest BCUT2D eigenvalue weighted by Crippen LogP contribution is -2.31. The van der Waals surface area contributed by atoms with E-state index in [4.69, 9.17) is 0 Å². The van der Waals surface area contributed by atoms with Crippen molar-refractivity contribution >= 4 is 32.7 Å². The fourth-order valence-corrected chi connectivity index (χ4v) is 4.09. The Balaban J connectivity index is 1.77. The molecule has 8 nitrogen and oxygen atoms in total. The predicted octanol–water partition coefficient (Wildman–Crippen LogP) is 2.92. The summed E-state index contributed by atoms with van der Waals surface area (Å²) < 4.78 is 27.8. The lowest BCUT2D eigenvalue weighted by molar-refractivity contribution is 0.0762. The number of aromatic amines is 2. The van der Waals surface area contributed by atoms with Crippen molar-refractivity contribution in [1.29, 1.82) is 0 Å². The molecule has 9 heteroatoms. The summed E-state index contributed by atoms with van der Waals surface area (Å²) in [6.07, 6.45) is 1.95. The van der Waals surface area contributed by atoms with Crippen LogP contribution in [0.3, 0.4) is 0 Å². The average Bonchev–Trinajstić information content (AvgIpc) is 3.08. The quantitative estimate of drug-likeness (QED) is 0.524. The van der Waals surface area contributed by atoms with Gasteiger partial charge in [0.2, 0.25) is 0 Å². The molecule has 0 saturated heterocycles. The molecule has 0 aliphatic rings. The number of sulfonamides is 1. The van der Waals surface area contributed by atoms with Crippen LogP contribution in [-0.4, -0.2) is 42.3 Å². The number of amides is 1. The van der Waals surface area contributed by atoms with Crippen molar-refractivity contribution in [3.8, 4) is 0 Å². The number of carbonyl (C=O) groups is 1. The molecule has 0 saturated carbocycles. The van der Waals surface area contributed by atoms with Crippen LogP contribution in [0.5, 0.6) is 0 Å². The maximum atomic E-state index is 12.7. The lowest BCUT2D eigenvalue weighted by Gasteiger charge is -2.20. The third-order valence-electron chi connectivity index (χ3n) is 4.63. The van der Waals surface area contributed by atoms with Crippen LogP contribution >= 0.6 is 0 Å². The standard InChI is InChI=1S/C20H24N4O4S/c1-3-5-12-24(4-2)19(25)14-6-8-15(9-7-14)23-29(27,28)16-10-11-17-18(13-16)22-20(26)21-17/h6-11,13,23H,3-5,12H2,1-2H3,(H2,21,22,26). The number of H-pyrrole nitrogens is 2. The minimum atomic E-state index is -3.84. The Labute approximate surface area is 169 Å². The van der Waals surface area contributed by atoms with Crippen molar-refractivity contribution in [3.63, 3.8) is 0 Å². The number of hydrogen-bond acceptors (Lipinski definition) is 4. The van der Waals surface area contributed by atoms with Crippen LogP contribution in [0.15, 0.2) is 52.2 Å². The number of fused-ring (bicyclic) bond motifs is 1. The smallest absolute Gasteiger partial charge is 0.323 e. The molecular formula is C20H24N4O4S. The highest BCUT2D eigenvalue weighted by Gasteiger charge is 2.17. The Morgan fingerprint density at radius 3 is 2.38 bits per heavy atom. The van der Waals surface area contributed by atoms with Gasteiger partial charge in [0.25, 0.3) is 15.9 Å². The molecule has 0 fully saturated rings. The second kappa shape index (κ2) is 8.52. The number of nitrogens with zero attached hydrogens (tertiary/aromatic N) is 1. The van der Waals surface area contributed by atoms with Crippen LogP contribution in [0.4, 0.5) is 5.69 Å².